The van der Waals surface area contributed by atoms with Crippen LogP contribution in [0, 0.1) is 0 Å². The lowest BCUT2D eigenvalue weighted by atomic mass is 10.1. The molecular weight excluding hydrogens is 532 g/mol. The Hall–Kier alpha value is -5.95. The molecule has 7 heteroatoms. The fourth-order valence-corrected chi connectivity index (χ4v) is 6.22. The summed E-state index contributed by atoms with van der Waals surface area (Å²) in [7, 11) is 0. The molecule has 0 spiro atoms. The van der Waals surface area contributed by atoms with E-state index in [9.17, 15) is 0 Å². The number of hydrogen-bond donors (Lipinski definition) is 0. The zero-order valence-corrected chi connectivity index (χ0v) is 23.0. The summed E-state index contributed by atoms with van der Waals surface area (Å²) in [5.41, 5.74) is 8.33. The first-order chi connectivity index (χ1) is 21.3. The summed E-state index contributed by atoms with van der Waals surface area (Å²) >= 11 is 0. The molecule has 0 atom stereocenters. The number of fused-ring (bicyclic) bond motifs is 8. The highest BCUT2D eigenvalue weighted by Crippen LogP contribution is 2.42. The van der Waals surface area contributed by atoms with Crippen molar-refractivity contribution in [2.24, 2.45) is 0 Å². The molecule has 8 aromatic rings. The van der Waals surface area contributed by atoms with Crippen LogP contribution in [-0.2, 0) is 6.67 Å². The second-order valence-electron chi connectivity index (χ2n) is 10.6. The summed E-state index contributed by atoms with van der Waals surface area (Å²) in [4.78, 5) is 16.6. The molecule has 0 saturated carbocycles. The molecule has 0 saturated heterocycles. The van der Waals surface area contributed by atoms with Crippen LogP contribution in [0.3, 0.4) is 0 Å². The van der Waals surface area contributed by atoms with Crippen molar-refractivity contribution in [3.8, 4) is 28.7 Å². The molecule has 0 bridgehead atoms. The average molecular weight is 557 g/mol. The van der Waals surface area contributed by atoms with Gasteiger partial charge in [0.1, 0.15) is 29.8 Å². The van der Waals surface area contributed by atoms with Gasteiger partial charge in [0.25, 0.3) is 0 Å². The van der Waals surface area contributed by atoms with E-state index in [4.69, 9.17) is 9.72 Å². The Morgan fingerprint density at radius 2 is 1.47 bits per heavy atom. The lowest BCUT2D eigenvalue weighted by Crippen LogP contribution is -2.26. The van der Waals surface area contributed by atoms with E-state index in [-0.39, 0.29) is 0 Å². The van der Waals surface area contributed by atoms with E-state index in [0.29, 0.717) is 6.67 Å². The number of hydrogen-bond acceptors (Lipinski definition) is 5. The lowest BCUT2D eigenvalue weighted by Gasteiger charge is -2.32. The van der Waals surface area contributed by atoms with Gasteiger partial charge in [-0.3, -0.25) is 9.55 Å². The first kappa shape index (κ1) is 23.7. The topological polar surface area (TPSA) is 61.0 Å². The van der Waals surface area contributed by atoms with E-state index in [2.05, 4.69) is 96.8 Å². The van der Waals surface area contributed by atoms with Gasteiger partial charge in [-0.25, -0.2) is 9.97 Å². The molecule has 4 aromatic heterocycles. The van der Waals surface area contributed by atoms with Crippen LogP contribution in [0.5, 0.6) is 11.5 Å². The molecule has 1 aliphatic heterocycles. The number of benzene rings is 4. The van der Waals surface area contributed by atoms with Crippen LogP contribution in [0.15, 0.2) is 134 Å². The summed E-state index contributed by atoms with van der Waals surface area (Å²) in [6.07, 6.45) is 3.64. The van der Waals surface area contributed by atoms with Crippen molar-refractivity contribution in [1.29, 1.82) is 0 Å². The number of imidazole rings is 1. The van der Waals surface area contributed by atoms with Crippen molar-refractivity contribution in [3.63, 3.8) is 0 Å². The van der Waals surface area contributed by atoms with Crippen LogP contribution in [0.1, 0.15) is 0 Å². The predicted octanol–water partition coefficient (Wildman–Crippen LogP) is 8.49. The minimum Gasteiger partial charge on any atom is -0.457 e. The zero-order valence-electron chi connectivity index (χ0n) is 23.0. The Kier molecular flexibility index (Phi) is 5.13. The predicted molar refractivity (Wildman–Crippen MR) is 170 cm³/mol. The van der Waals surface area contributed by atoms with Crippen LogP contribution >= 0.6 is 0 Å². The van der Waals surface area contributed by atoms with Gasteiger partial charge in [-0.2, -0.15) is 0 Å². The van der Waals surface area contributed by atoms with Crippen LogP contribution in [0.2, 0.25) is 0 Å². The number of ether oxygens (including phenoxy) is 1. The van der Waals surface area contributed by atoms with Crippen molar-refractivity contribution >= 4 is 44.3 Å². The summed E-state index contributed by atoms with van der Waals surface area (Å²) in [6, 6.07) is 41.1. The minimum atomic E-state index is 0.652. The summed E-state index contributed by atoms with van der Waals surface area (Å²) in [6.45, 7) is 0.652. The molecule has 0 radical (unpaired) electrons. The summed E-state index contributed by atoms with van der Waals surface area (Å²) < 4.78 is 10.9. The summed E-state index contributed by atoms with van der Waals surface area (Å²) in [5.74, 6) is 3.33. The standard InChI is InChI=1S/C36H24N6O/c1-3-13-30-28(11-1)36-39-29-12-2-4-14-31(29)41(36)23-40(30)24-9-7-10-25(21-24)43-26-17-18-27-33(22-26)42(34-16-5-6-19-37-34)32-15-8-20-38-35(27)32/h1-22H,23H2. The van der Waals surface area contributed by atoms with Gasteiger partial charge in [-0.05, 0) is 72.8 Å². The Morgan fingerprint density at radius 3 is 2.42 bits per heavy atom. The van der Waals surface area contributed by atoms with Crippen molar-refractivity contribution in [3.05, 3.63) is 134 Å². The molecule has 0 N–H and O–H groups in total. The Balaban J connectivity index is 1.12. The molecule has 43 heavy (non-hydrogen) atoms. The monoisotopic (exact) mass is 556 g/mol. The highest BCUT2D eigenvalue weighted by Gasteiger charge is 2.26. The van der Waals surface area contributed by atoms with E-state index in [1.54, 1.807) is 0 Å². The van der Waals surface area contributed by atoms with Crippen LogP contribution < -0.4 is 9.64 Å². The molecule has 0 unspecified atom stereocenters. The fraction of sp³-hybridized carbons (Fsp3) is 0.0278. The molecule has 7 nitrogen and oxygen atoms in total. The van der Waals surface area contributed by atoms with E-state index in [1.165, 1.54) is 0 Å². The van der Waals surface area contributed by atoms with Gasteiger partial charge >= 0.3 is 0 Å². The van der Waals surface area contributed by atoms with Crippen molar-refractivity contribution in [2.45, 2.75) is 6.67 Å². The highest BCUT2D eigenvalue weighted by molar-refractivity contribution is 6.07. The number of pyridine rings is 2. The average Bonchev–Trinajstić information content (AvgIpc) is 3.60. The molecule has 5 heterocycles. The Labute approximate surface area is 246 Å². The van der Waals surface area contributed by atoms with Gasteiger partial charge in [-0.15, -0.1) is 0 Å². The quantitative estimate of drug-likeness (QED) is 0.218. The number of anilines is 2. The largest absolute Gasteiger partial charge is 0.457 e. The van der Waals surface area contributed by atoms with Crippen molar-refractivity contribution in [2.75, 3.05) is 4.90 Å². The van der Waals surface area contributed by atoms with Crippen LogP contribution in [0.4, 0.5) is 11.4 Å². The third kappa shape index (κ3) is 3.72. The molecule has 0 fully saturated rings. The van der Waals surface area contributed by atoms with Crippen molar-refractivity contribution in [1.82, 2.24) is 24.1 Å². The van der Waals surface area contributed by atoms with Gasteiger partial charge in [-0.1, -0.05) is 36.4 Å². The second kappa shape index (κ2) is 9.29. The van der Waals surface area contributed by atoms with Gasteiger partial charge in [0.15, 0.2) is 0 Å². The smallest absolute Gasteiger partial charge is 0.144 e. The Bertz CT molecular complexity index is 2320. The number of rotatable bonds is 4. The van der Waals surface area contributed by atoms with E-state index >= 15 is 0 Å². The van der Waals surface area contributed by atoms with Gasteiger partial charge in [0, 0.05) is 41.2 Å². The molecule has 0 amide bonds. The normalized spacial score (nSPS) is 12.5. The number of para-hydroxylation sites is 3. The third-order valence-corrected chi connectivity index (χ3v) is 8.11. The van der Waals surface area contributed by atoms with E-state index in [0.717, 1.165) is 73.0 Å². The molecule has 204 valence electrons. The summed E-state index contributed by atoms with van der Waals surface area (Å²) in [5, 5.41) is 1.05. The van der Waals surface area contributed by atoms with Crippen LogP contribution in [-0.4, -0.2) is 24.1 Å². The first-order valence-electron chi connectivity index (χ1n) is 14.2. The maximum absolute atomic E-state index is 6.52. The van der Waals surface area contributed by atoms with E-state index in [1.807, 2.05) is 60.9 Å². The first-order valence-corrected chi connectivity index (χ1v) is 14.2. The van der Waals surface area contributed by atoms with Gasteiger partial charge in [0.05, 0.1) is 33.3 Å². The van der Waals surface area contributed by atoms with E-state index < -0.39 is 0 Å². The molecule has 4 aromatic carbocycles. The molecule has 9 rings (SSSR count). The Morgan fingerprint density at radius 1 is 0.628 bits per heavy atom. The number of nitrogens with zero attached hydrogens (tertiary/aromatic N) is 6. The molecule has 0 aliphatic carbocycles. The van der Waals surface area contributed by atoms with Crippen molar-refractivity contribution < 1.29 is 4.74 Å². The maximum Gasteiger partial charge on any atom is 0.144 e. The zero-order chi connectivity index (χ0) is 28.3. The van der Waals surface area contributed by atoms with Gasteiger partial charge < -0.3 is 14.2 Å². The number of aromatic nitrogens is 5. The maximum atomic E-state index is 6.52. The second-order valence-corrected chi connectivity index (χ2v) is 10.6. The molecule has 1 aliphatic rings. The highest BCUT2D eigenvalue weighted by atomic mass is 16.5. The van der Waals surface area contributed by atoms with Crippen LogP contribution in [0.25, 0.3) is 50.2 Å². The third-order valence-electron chi connectivity index (χ3n) is 8.11. The SMILES string of the molecule is c1ccc(-n2c3cc(Oc4cccc(N5Cn6c(nc7ccccc76)-c6ccccc65)c4)ccc3c3ncccc32)nc1. The lowest BCUT2D eigenvalue weighted by molar-refractivity contribution is 0.483. The molecular formula is C36H24N6O. The van der Waals surface area contributed by atoms with Gasteiger partial charge in [0.2, 0.25) is 0 Å². The minimum absolute atomic E-state index is 0.652. The fourth-order valence-electron chi connectivity index (χ4n) is 6.22.